The minimum absolute atomic E-state index is 0.165. The van der Waals surface area contributed by atoms with Gasteiger partial charge in [-0.1, -0.05) is 12.1 Å². The molecule has 1 saturated heterocycles. The first-order chi connectivity index (χ1) is 8.78. The zero-order valence-corrected chi connectivity index (χ0v) is 11.5. The van der Waals surface area contributed by atoms with Crippen LogP contribution in [0, 0.1) is 0 Å². The molecule has 4 heteroatoms. The molecule has 2 rings (SSSR count). The van der Waals surface area contributed by atoms with Crippen LogP contribution in [0.1, 0.15) is 18.4 Å². The van der Waals surface area contributed by atoms with E-state index >= 15 is 0 Å². The van der Waals surface area contributed by atoms with Crippen LogP contribution in [0.2, 0.25) is 0 Å². The standard InChI is InChI=1S/C14H19NO2S/c1-17-13-5-2-11(3-6-13)4-7-14(16)15-12-8-9-18-10-12/h2-3,5-6,12H,4,7-10H2,1H3,(H,15,16)/t12-/m0/s1. The van der Waals surface area contributed by atoms with Crippen LogP contribution in [0.25, 0.3) is 0 Å². The van der Waals surface area contributed by atoms with Gasteiger partial charge in [0.25, 0.3) is 0 Å². The summed E-state index contributed by atoms with van der Waals surface area (Å²) in [5.41, 5.74) is 1.17. The molecular formula is C14H19NO2S. The van der Waals surface area contributed by atoms with Crippen molar-refractivity contribution in [2.24, 2.45) is 0 Å². The van der Waals surface area contributed by atoms with E-state index in [1.807, 2.05) is 36.0 Å². The highest BCUT2D eigenvalue weighted by atomic mass is 32.2. The Labute approximate surface area is 112 Å². The summed E-state index contributed by atoms with van der Waals surface area (Å²) in [6, 6.07) is 8.27. The maximum atomic E-state index is 11.8. The van der Waals surface area contributed by atoms with Gasteiger partial charge in [0.05, 0.1) is 7.11 Å². The van der Waals surface area contributed by atoms with Crippen LogP contribution in [0.15, 0.2) is 24.3 Å². The fraction of sp³-hybridized carbons (Fsp3) is 0.500. The lowest BCUT2D eigenvalue weighted by molar-refractivity contribution is -0.121. The van der Waals surface area contributed by atoms with Gasteiger partial charge in [0.1, 0.15) is 5.75 Å². The van der Waals surface area contributed by atoms with E-state index in [0.29, 0.717) is 12.5 Å². The summed E-state index contributed by atoms with van der Waals surface area (Å²) in [6.45, 7) is 0. The van der Waals surface area contributed by atoms with Crippen LogP contribution in [0.5, 0.6) is 5.75 Å². The molecular weight excluding hydrogens is 246 g/mol. The van der Waals surface area contributed by atoms with E-state index in [0.717, 1.165) is 24.3 Å². The molecule has 1 heterocycles. The first-order valence-electron chi connectivity index (χ1n) is 6.28. The molecule has 0 unspecified atom stereocenters. The third-order valence-corrected chi connectivity index (χ3v) is 4.26. The second-order valence-corrected chi connectivity index (χ2v) is 5.63. The minimum atomic E-state index is 0.165. The Morgan fingerprint density at radius 3 is 2.83 bits per heavy atom. The summed E-state index contributed by atoms with van der Waals surface area (Å²) in [5.74, 6) is 3.25. The smallest absolute Gasteiger partial charge is 0.220 e. The first kappa shape index (κ1) is 13.3. The molecule has 1 amide bonds. The van der Waals surface area contributed by atoms with E-state index in [2.05, 4.69) is 5.32 Å². The second kappa shape index (κ2) is 6.69. The Morgan fingerprint density at radius 1 is 1.44 bits per heavy atom. The molecule has 1 atom stereocenters. The Balaban J connectivity index is 1.74. The fourth-order valence-corrected chi connectivity index (χ4v) is 3.15. The summed E-state index contributed by atoms with van der Waals surface area (Å²) in [4.78, 5) is 11.8. The van der Waals surface area contributed by atoms with Gasteiger partial charge in [0.15, 0.2) is 0 Å². The number of thioether (sulfide) groups is 1. The SMILES string of the molecule is COc1ccc(CCC(=O)N[C@H]2CCSC2)cc1. The highest BCUT2D eigenvalue weighted by Gasteiger charge is 2.17. The zero-order chi connectivity index (χ0) is 12.8. The molecule has 1 aromatic rings. The monoisotopic (exact) mass is 265 g/mol. The van der Waals surface area contributed by atoms with E-state index in [1.54, 1.807) is 7.11 Å². The van der Waals surface area contributed by atoms with Gasteiger partial charge in [0, 0.05) is 18.2 Å². The van der Waals surface area contributed by atoms with Crippen molar-refractivity contribution in [2.45, 2.75) is 25.3 Å². The number of nitrogens with one attached hydrogen (secondary N) is 1. The summed E-state index contributed by atoms with van der Waals surface area (Å²) in [7, 11) is 1.65. The molecule has 0 aromatic heterocycles. The number of rotatable bonds is 5. The molecule has 1 aliphatic heterocycles. The lowest BCUT2D eigenvalue weighted by Crippen LogP contribution is -2.34. The number of methoxy groups -OCH3 is 1. The third-order valence-electron chi connectivity index (χ3n) is 3.09. The van der Waals surface area contributed by atoms with Crippen molar-refractivity contribution in [1.82, 2.24) is 5.32 Å². The van der Waals surface area contributed by atoms with E-state index in [4.69, 9.17) is 4.74 Å². The van der Waals surface area contributed by atoms with Crippen molar-refractivity contribution in [2.75, 3.05) is 18.6 Å². The molecule has 1 aliphatic rings. The lowest BCUT2D eigenvalue weighted by Gasteiger charge is -2.11. The van der Waals surface area contributed by atoms with Gasteiger partial charge in [-0.25, -0.2) is 0 Å². The van der Waals surface area contributed by atoms with Gasteiger partial charge in [-0.05, 0) is 36.3 Å². The van der Waals surface area contributed by atoms with Crippen molar-refractivity contribution in [1.29, 1.82) is 0 Å². The van der Waals surface area contributed by atoms with Crippen LogP contribution in [-0.2, 0) is 11.2 Å². The molecule has 0 radical (unpaired) electrons. The summed E-state index contributed by atoms with van der Waals surface area (Å²) in [5, 5.41) is 3.09. The van der Waals surface area contributed by atoms with Gasteiger partial charge in [-0.2, -0.15) is 11.8 Å². The topological polar surface area (TPSA) is 38.3 Å². The second-order valence-electron chi connectivity index (χ2n) is 4.48. The first-order valence-corrected chi connectivity index (χ1v) is 7.43. The third kappa shape index (κ3) is 3.95. The number of hydrogen-bond donors (Lipinski definition) is 1. The molecule has 1 N–H and O–H groups in total. The maximum Gasteiger partial charge on any atom is 0.220 e. The van der Waals surface area contributed by atoms with Crippen molar-refractivity contribution in [3.63, 3.8) is 0 Å². The quantitative estimate of drug-likeness (QED) is 0.887. The molecule has 0 aliphatic carbocycles. The highest BCUT2D eigenvalue weighted by Crippen LogP contribution is 2.17. The average molecular weight is 265 g/mol. The van der Waals surface area contributed by atoms with Gasteiger partial charge in [0.2, 0.25) is 5.91 Å². The van der Waals surface area contributed by atoms with Crippen molar-refractivity contribution < 1.29 is 9.53 Å². The number of carbonyl (C=O) groups excluding carboxylic acids is 1. The molecule has 3 nitrogen and oxygen atoms in total. The van der Waals surface area contributed by atoms with Gasteiger partial charge in [-0.3, -0.25) is 4.79 Å². The van der Waals surface area contributed by atoms with E-state index in [1.165, 1.54) is 11.3 Å². The van der Waals surface area contributed by atoms with Crippen LogP contribution < -0.4 is 10.1 Å². The molecule has 0 spiro atoms. The number of aryl methyl sites for hydroxylation is 1. The van der Waals surface area contributed by atoms with Crippen LogP contribution >= 0.6 is 11.8 Å². The molecule has 0 bridgehead atoms. The Morgan fingerprint density at radius 2 is 2.22 bits per heavy atom. The van der Waals surface area contributed by atoms with Crippen LogP contribution in [-0.4, -0.2) is 30.6 Å². The van der Waals surface area contributed by atoms with Crippen LogP contribution in [0.4, 0.5) is 0 Å². The van der Waals surface area contributed by atoms with E-state index in [9.17, 15) is 4.79 Å². The van der Waals surface area contributed by atoms with Gasteiger partial charge >= 0.3 is 0 Å². The number of amides is 1. The maximum absolute atomic E-state index is 11.8. The molecule has 1 aromatic carbocycles. The molecule has 18 heavy (non-hydrogen) atoms. The Hall–Kier alpha value is -1.16. The Bertz CT molecular complexity index is 385. The Kier molecular flexibility index (Phi) is 4.93. The van der Waals surface area contributed by atoms with Crippen molar-refractivity contribution in [3.8, 4) is 5.75 Å². The van der Waals surface area contributed by atoms with Gasteiger partial charge < -0.3 is 10.1 Å². The number of benzene rings is 1. The van der Waals surface area contributed by atoms with E-state index in [-0.39, 0.29) is 5.91 Å². The lowest BCUT2D eigenvalue weighted by atomic mass is 10.1. The molecule has 98 valence electrons. The normalized spacial score (nSPS) is 18.6. The average Bonchev–Trinajstić information content (AvgIpc) is 2.90. The summed E-state index contributed by atoms with van der Waals surface area (Å²) in [6.07, 6.45) is 2.46. The molecule has 1 fully saturated rings. The summed E-state index contributed by atoms with van der Waals surface area (Å²) < 4.78 is 5.10. The number of ether oxygens (including phenoxy) is 1. The van der Waals surface area contributed by atoms with Crippen LogP contribution in [0.3, 0.4) is 0 Å². The van der Waals surface area contributed by atoms with Crippen molar-refractivity contribution >= 4 is 17.7 Å². The van der Waals surface area contributed by atoms with Crippen molar-refractivity contribution in [3.05, 3.63) is 29.8 Å². The highest BCUT2D eigenvalue weighted by molar-refractivity contribution is 7.99. The predicted octanol–water partition coefficient (Wildman–Crippen LogP) is 2.25. The minimum Gasteiger partial charge on any atom is -0.497 e. The largest absolute Gasteiger partial charge is 0.497 e. The van der Waals surface area contributed by atoms with Gasteiger partial charge in [-0.15, -0.1) is 0 Å². The summed E-state index contributed by atoms with van der Waals surface area (Å²) >= 11 is 1.91. The molecule has 0 saturated carbocycles. The van der Waals surface area contributed by atoms with E-state index < -0.39 is 0 Å². The number of carbonyl (C=O) groups is 1. The zero-order valence-electron chi connectivity index (χ0n) is 10.6. The number of hydrogen-bond acceptors (Lipinski definition) is 3. The fourth-order valence-electron chi connectivity index (χ4n) is 2.00. The predicted molar refractivity (Wildman–Crippen MR) is 75.2 cm³/mol.